The molecular weight excluding hydrogens is 294 g/mol. The molecule has 1 unspecified atom stereocenters. The molecule has 0 saturated carbocycles. The summed E-state index contributed by atoms with van der Waals surface area (Å²) in [4.78, 5) is 11.3. The summed E-state index contributed by atoms with van der Waals surface area (Å²) in [5, 5.41) is 11.5. The highest BCUT2D eigenvalue weighted by atomic mass is 16.6. The van der Waals surface area contributed by atoms with Crippen LogP contribution in [0, 0.1) is 10.1 Å². The first-order valence-corrected chi connectivity index (χ1v) is 7.52. The molecule has 1 atom stereocenters. The van der Waals surface area contributed by atoms with Crippen LogP contribution in [0.5, 0.6) is 11.5 Å². The van der Waals surface area contributed by atoms with Crippen LogP contribution in [-0.4, -0.2) is 25.2 Å². The Morgan fingerprint density at radius 2 is 1.30 bits per heavy atom. The molecule has 122 valence electrons. The standard InChI is InChI=1S/C18H21NO4/c1-4-17(19(20)21)18(13-5-9-15(22-2)10-6-13)14-7-11-16(23-3)12-8-14/h5-12,17-18H,4H2,1-3H3. The Morgan fingerprint density at radius 1 is 0.913 bits per heavy atom. The highest BCUT2D eigenvalue weighted by Gasteiger charge is 2.32. The van der Waals surface area contributed by atoms with E-state index in [4.69, 9.17) is 9.47 Å². The Bertz CT molecular complexity index is 590. The molecule has 23 heavy (non-hydrogen) atoms. The lowest BCUT2D eigenvalue weighted by molar-refractivity contribution is -0.525. The summed E-state index contributed by atoms with van der Waals surface area (Å²) in [5.41, 5.74) is 1.80. The van der Waals surface area contributed by atoms with Gasteiger partial charge >= 0.3 is 0 Å². The molecule has 0 aliphatic heterocycles. The molecule has 5 heteroatoms. The topological polar surface area (TPSA) is 61.6 Å². The molecule has 0 aliphatic carbocycles. The molecule has 0 aromatic heterocycles. The Balaban J connectivity index is 2.46. The van der Waals surface area contributed by atoms with Gasteiger partial charge in [-0.1, -0.05) is 31.2 Å². The van der Waals surface area contributed by atoms with Crippen LogP contribution >= 0.6 is 0 Å². The van der Waals surface area contributed by atoms with Crippen molar-refractivity contribution in [1.29, 1.82) is 0 Å². The van der Waals surface area contributed by atoms with E-state index in [9.17, 15) is 10.1 Å². The van der Waals surface area contributed by atoms with E-state index in [1.807, 2.05) is 55.5 Å². The van der Waals surface area contributed by atoms with Gasteiger partial charge in [-0.2, -0.15) is 0 Å². The quantitative estimate of drug-likeness (QED) is 0.574. The van der Waals surface area contributed by atoms with Crippen molar-refractivity contribution in [2.75, 3.05) is 14.2 Å². The van der Waals surface area contributed by atoms with Crippen LogP contribution in [0.4, 0.5) is 0 Å². The molecule has 0 heterocycles. The van der Waals surface area contributed by atoms with Crippen LogP contribution in [0.1, 0.15) is 30.4 Å². The Labute approximate surface area is 136 Å². The van der Waals surface area contributed by atoms with Crippen LogP contribution in [-0.2, 0) is 0 Å². The molecule has 2 aromatic rings. The molecule has 0 radical (unpaired) electrons. The number of methoxy groups -OCH3 is 2. The zero-order valence-corrected chi connectivity index (χ0v) is 13.6. The fourth-order valence-electron chi connectivity index (χ4n) is 2.77. The second-order valence-electron chi connectivity index (χ2n) is 5.28. The largest absolute Gasteiger partial charge is 0.497 e. The van der Waals surface area contributed by atoms with Gasteiger partial charge in [-0.25, -0.2) is 0 Å². The second-order valence-corrected chi connectivity index (χ2v) is 5.28. The van der Waals surface area contributed by atoms with Crippen molar-refractivity contribution in [3.63, 3.8) is 0 Å². The molecule has 0 amide bonds. The minimum absolute atomic E-state index is 0.195. The fourth-order valence-corrected chi connectivity index (χ4v) is 2.77. The maximum atomic E-state index is 11.5. The second kappa shape index (κ2) is 7.63. The van der Waals surface area contributed by atoms with E-state index in [2.05, 4.69) is 0 Å². The Morgan fingerprint density at radius 3 is 1.57 bits per heavy atom. The highest BCUT2D eigenvalue weighted by molar-refractivity contribution is 5.39. The van der Waals surface area contributed by atoms with Crippen molar-refractivity contribution in [2.45, 2.75) is 25.3 Å². The zero-order chi connectivity index (χ0) is 16.8. The summed E-state index contributed by atoms with van der Waals surface area (Å²) in [6.45, 7) is 1.84. The van der Waals surface area contributed by atoms with Gasteiger partial charge in [-0.3, -0.25) is 10.1 Å². The monoisotopic (exact) mass is 315 g/mol. The van der Waals surface area contributed by atoms with Crippen molar-refractivity contribution in [3.05, 3.63) is 69.8 Å². The number of rotatable bonds is 7. The predicted octanol–water partition coefficient (Wildman–Crippen LogP) is 3.89. The van der Waals surface area contributed by atoms with Gasteiger partial charge in [-0.05, 0) is 35.4 Å². The third-order valence-corrected chi connectivity index (χ3v) is 4.02. The number of nitrogens with zero attached hydrogens (tertiary/aromatic N) is 1. The van der Waals surface area contributed by atoms with Crippen LogP contribution < -0.4 is 9.47 Å². The van der Waals surface area contributed by atoms with Gasteiger partial charge in [0.05, 0.1) is 20.1 Å². The van der Waals surface area contributed by atoms with Crippen LogP contribution in [0.2, 0.25) is 0 Å². The summed E-state index contributed by atoms with van der Waals surface area (Å²) in [7, 11) is 3.20. The van der Waals surface area contributed by atoms with Crippen LogP contribution in [0.15, 0.2) is 48.5 Å². The third kappa shape index (κ3) is 3.80. The van der Waals surface area contributed by atoms with Crippen molar-refractivity contribution in [2.24, 2.45) is 0 Å². The van der Waals surface area contributed by atoms with Crippen molar-refractivity contribution < 1.29 is 14.4 Å². The molecule has 0 N–H and O–H groups in total. The van der Waals surface area contributed by atoms with Crippen LogP contribution in [0.25, 0.3) is 0 Å². The summed E-state index contributed by atoms with van der Waals surface area (Å²) >= 11 is 0. The molecule has 2 aromatic carbocycles. The Kier molecular flexibility index (Phi) is 5.57. The predicted molar refractivity (Wildman–Crippen MR) is 88.9 cm³/mol. The van der Waals surface area contributed by atoms with E-state index in [1.165, 1.54) is 0 Å². The van der Waals surface area contributed by atoms with E-state index in [0.717, 1.165) is 22.6 Å². The van der Waals surface area contributed by atoms with Crippen molar-refractivity contribution in [1.82, 2.24) is 0 Å². The first-order chi connectivity index (χ1) is 11.1. The van der Waals surface area contributed by atoms with Gasteiger partial charge in [-0.15, -0.1) is 0 Å². The first kappa shape index (κ1) is 16.8. The van der Waals surface area contributed by atoms with Crippen LogP contribution in [0.3, 0.4) is 0 Å². The maximum Gasteiger partial charge on any atom is 0.223 e. The molecule has 0 fully saturated rings. The van der Waals surface area contributed by atoms with Gasteiger partial charge in [0.2, 0.25) is 6.04 Å². The number of benzene rings is 2. The van der Waals surface area contributed by atoms with Gasteiger partial charge < -0.3 is 9.47 Å². The molecule has 5 nitrogen and oxygen atoms in total. The number of ether oxygens (including phenoxy) is 2. The normalized spacial score (nSPS) is 12.0. The maximum absolute atomic E-state index is 11.5. The summed E-state index contributed by atoms with van der Waals surface area (Å²) in [6.07, 6.45) is 0.454. The molecule has 0 spiro atoms. The number of nitro groups is 1. The van der Waals surface area contributed by atoms with Gasteiger partial charge in [0.15, 0.2) is 0 Å². The van der Waals surface area contributed by atoms with Crippen molar-refractivity contribution >= 4 is 0 Å². The van der Waals surface area contributed by atoms with E-state index in [1.54, 1.807) is 14.2 Å². The molecule has 2 rings (SSSR count). The first-order valence-electron chi connectivity index (χ1n) is 7.52. The minimum atomic E-state index is -0.684. The van der Waals surface area contributed by atoms with E-state index < -0.39 is 6.04 Å². The average molecular weight is 315 g/mol. The van der Waals surface area contributed by atoms with Gasteiger partial charge in [0, 0.05) is 11.3 Å². The van der Waals surface area contributed by atoms with Gasteiger partial charge in [0.25, 0.3) is 0 Å². The highest BCUT2D eigenvalue weighted by Crippen LogP contribution is 2.33. The minimum Gasteiger partial charge on any atom is -0.497 e. The Hall–Kier alpha value is -2.56. The molecule has 0 aliphatic rings. The summed E-state index contributed by atoms with van der Waals surface area (Å²) in [5.74, 6) is 1.15. The van der Waals surface area contributed by atoms with E-state index in [0.29, 0.717) is 6.42 Å². The summed E-state index contributed by atoms with van der Waals surface area (Å²) < 4.78 is 10.3. The number of hydrogen-bond acceptors (Lipinski definition) is 4. The third-order valence-electron chi connectivity index (χ3n) is 4.02. The fraction of sp³-hybridized carbons (Fsp3) is 0.333. The average Bonchev–Trinajstić information content (AvgIpc) is 2.59. The van der Waals surface area contributed by atoms with E-state index >= 15 is 0 Å². The SMILES string of the molecule is CCC(C(c1ccc(OC)cc1)c1ccc(OC)cc1)[N+](=O)[O-]. The lowest BCUT2D eigenvalue weighted by Crippen LogP contribution is -2.27. The zero-order valence-electron chi connectivity index (χ0n) is 13.6. The molecule has 0 bridgehead atoms. The van der Waals surface area contributed by atoms with Crippen molar-refractivity contribution in [3.8, 4) is 11.5 Å². The smallest absolute Gasteiger partial charge is 0.223 e. The number of hydrogen-bond donors (Lipinski definition) is 0. The van der Waals surface area contributed by atoms with Gasteiger partial charge in [0.1, 0.15) is 11.5 Å². The molecule has 0 saturated heterocycles. The van der Waals surface area contributed by atoms with E-state index in [-0.39, 0.29) is 10.8 Å². The molecular formula is C18H21NO4. The lowest BCUT2D eigenvalue weighted by Gasteiger charge is -2.21. The lowest BCUT2D eigenvalue weighted by atomic mass is 9.84. The summed E-state index contributed by atoms with van der Waals surface area (Å²) in [6, 6.07) is 14.2.